The van der Waals surface area contributed by atoms with Crippen LogP contribution in [-0.4, -0.2) is 0 Å². The normalized spacial score (nSPS) is 10.4. The summed E-state index contributed by atoms with van der Waals surface area (Å²) in [5, 5.41) is 0. The highest BCUT2D eigenvalue weighted by Gasteiger charge is 2.01. The molecule has 0 aliphatic rings. The maximum atomic E-state index is 5.85. The summed E-state index contributed by atoms with van der Waals surface area (Å²) in [5.41, 5.74) is 3.82. The molecule has 2 rings (SSSR count). The Bertz CT molecular complexity index is 497. The van der Waals surface area contributed by atoms with Crippen LogP contribution in [0.25, 0.3) is 0 Å². The average Bonchev–Trinajstić information content (AvgIpc) is 2.29. The first-order valence-corrected chi connectivity index (χ1v) is 6.65. The molecule has 88 valence electrons. The van der Waals surface area contributed by atoms with Crippen molar-refractivity contribution in [2.24, 2.45) is 0 Å². The summed E-state index contributed by atoms with van der Waals surface area (Å²) in [5.74, 6) is 1.79. The van der Waals surface area contributed by atoms with Gasteiger partial charge in [-0.15, -0.1) is 0 Å². The number of hydrogen-bond donors (Lipinski definition) is 0. The van der Waals surface area contributed by atoms with Crippen molar-refractivity contribution >= 4 is 22.6 Å². The van der Waals surface area contributed by atoms with Crippen molar-refractivity contribution in [3.05, 3.63) is 56.7 Å². The summed E-state index contributed by atoms with van der Waals surface area (Å²) >= 11 is 2.32. The Morgan fingerprint density at radius 1 is 0.765 bits per heavy atom. The number of ether oxygens (including phenoxy) is 1. The number of hydrogen-bond acceptors (Lipinski definition) is 1. The lowest BCUT2D eigenvalue weighted by Crippen LogP contribution is -1.88. The van der Waals surface area contributed by atoms with Crippen LogP contribution in [0, 0.1) is 24.3 Å². The fraction of sp³-hybridized carbons (Fsp3) is 0.200. The van der Waals surface area contributed by atoms with E-state index in [-0.39, 0.29) is 0 Å². The van der Waals surface area contributed by atoms with Crippen molar-refractivity contribution in [1.29, 1.82) is 0 Å². The van der Waals surface area contributed by atoms with E-state index >= 15 is 0 Å². The second-order valence-corrected chi connectivity index (χ2v) is 5.42. The van der Waals surface area contributed by atoms with Crippen LogP contribution in [0.2, 0.25) is 0 Å². The van der Waals surface area contributed by atoms with Crippen LogP contribution in [0.3, 0.4) is 0 Å². The molecular weight excluding hydrogens is 323 g/mol. The predicted octanol–water partition coefficient (Wildman–Crippen LogP) is 5.01. The van der Waals surface area contributed by atoms with Crippen LogP contribution in [-0.2, 0) is 0 Å². The topological polar surface area (TPSA) is 9.23 Å². The van der Waals surface area contributed by atoms with Crippen molar-refractivity contribution in [3.63, 3.8) is 0 Å². The molecule has 0 amide bonds. The molecule has 0 bridgehead atoms. The van der Waals surface area contributed by atoms with Crippen molar-refractivity contribution in [2.45, 2.75) is 20.8 Å². The first-order chi connectivity index (χ1) is 8.06. The molecule has 2 heteroatoms. The Labute approximate surface area is 116 Å². The van der Waals surface area contributed by atoms with E-state index in [4.69, 9.17) is 4.74 Å². The summed E-state index contributed by atoms with van der Waals surface area (Å²) in [6, 6.07) is 12.3. The van der Waals surface area contributed by atoms with Gasteiger partial charge in [0.25, 0.3) is 0 Å². The molecule has 0 aliphatic heterocycles. The Kier molecular flexibility index (Phi) is 3.72. The second kappa shape index (κ2) is 5.08. The lowest BCUT2D eigenvalue weighted by atomic mass is 10.1. The fourth-order valence-electron chi connectivity index (χ4n) is 1.55. The molecule has 0 radical (unpaired) electrons. The van der Waals surface area contributed by atoms with Crippen LogP contribution < -0.4 is 4.74 Å². The summed E-state index contributed by atoms with van der Waals surface area (Å²) in [6.45, 7) is 6.30. The highest BCUT2D eigenvalue weighted by Crippen LogP contribution is 2.26. The smallest absolute Gasteiger partial charge is 0.128 e. The molecule has 2 aromatic rings. The van der Waals surface area contributed by atoms with E-state index in [0.29, 0.717) is 0 Å². The van der Waals surface area contributed by atoms with Crippen LogP contribution in [0.15, 0.2) is 36.4 Å². The summed E-state index contributed by atoms with van der Waals surface area (Å²) in [4.78, 5) is 0. The van der Waals surface area contributed by atoms with E-state index in [0.717, 1.165) is 11.5 Å². The maximum absolute atomic E-state index is 5.85. The fourth-order valence-corrected chi connectivity index (χ4v) is 2.04. The van der Waals surface area contributed by atoms with Crippen molar-refractivity contribution < 1.29 is 4.74 Å². The lowest BCUT2D eigenvalue weighted by molar-refractivity contribution is 0.481. The van der Waals surface area contributed by atoms with Crippen LogP contribution in [0.5, 0.6) is 11.5 Å². The zero-order chi connectivity index (χ0) is 12.4. The monoisotopic (exact) mass is 338 g/mol. The second-order valence-electron chi connectivity index (χ2n) is 4.26. The van der Waals surface area contributed by atoms with Gasteiger partial charge in [0.15, 0.2) is 0 Å². The van der Waals surface area contributed by atoms with E-state index in [9.17, 15) is 0 Å². The van der Waals surface area contributed by atoms with Crippen LogP contribution in [0.1, 0.15) is 16.7 Å². The standard InChI is InChI=1S/C15H15IO/c1-10-4-6-13(8-12(10)3)17-14-7-5-11(2)15(16)9-14/h4-9H,1-3H3. The molecule has 1 nitrogen and oxygen atoms in total. The van der Waals surface area contributed by atoms with E-state index in [1.54, 1.807) is 0 Å². The number of aryl methyl sites for hydroxylation is 3. The van der Waals surface area contributed by atoms with Gasteiger partial charge in [-0.1, -0.05) is 12.1 Å². The van der Waals surface area contributed by atoms with Crippen LogP contribution in [0.4, 0.5) is 0 Å². The molecule has 0 unspecified atom stereocenters. The lowest BCUT2D eigenvalue weighted by Gasteiger charge is -2.09. The third-order valence-corrected chi connectivity index (χ3v) is 4.02. The Balaban J connectivity index is 2.25. The minimum atomic E-state index is 0.892. The number of halogens is 1. The Hall–Kier alpha value is -1.03. The van der Waals surface area contributed by atoms with Gasteiger partial charge in [0.2, 0.25) is 0 Å². The Morgan fingerprint density at radius 3 is 1.94 bits per heavy atom. The first-order valence-electron chi connectivity index (χ1n) is 5.57. The van der Waals surface area contributed by atoms with E-state index < -0.39 is 0 Å². The maximum Gasteiger partial charge on any atom is 0.128 e. The summed E-state index contributed by atoms with van der Waals surface area (Å²) in [6.07, 6.45) is 0. The summed E-state index contributed by atoms with van der Waals surface area (Å²) in [7, 11) is 0. The number of benzene rings is 2. The predicted molar refractivity (Wildman–Crippen MR) is 79.9 cm³/mol. The highest BCUT2D eigenvalue weighted by molar-refractivity contribution is 14.1. The first kappa shape index (κ1) is 12.4. The molecular formula is C15H15IO. The molecule has 0 saturated heterocycles. The minimum absolute atomic E-state index is 0.892. The molecule has 0 heterocycles. The molecule has 0 spiro atoms. The highest BCUT2D eigenvalue weighted by atomic mass is 127. The third-order valence-electron chi connectivity index (χ3n) is 2.86. The molecule has 0 atom stereocenters. The average molecular weight is 338 g/mol. The van der Waals surface area contributed by atoms with Gasteiger partial charge in [0.05, 0.1) is 0 Å². The van der Waals surface area contributed by atoms with E-state index in [2.05, 4.69) is 67.6 Å². The van der Waals surface area contributed by atoms with E-state index in [1.807, 2.05) is 12.1 Å². The summed E-state index contributed by atoms with van der Waals surface area (Å²) < 4.78 is 7.07. The number of rotatable bonds is 2. The molecule has 0 aliphatic carbocycles. The van der Waals surface area contributed by atoms with Crippen LogP contribution >= 0.6 is 22.6 Å². The molecule has 0 fully saturated rings. The van der Waals surface area contributed by atoms with Gasteiger partial charge in [-0.25, -0.2) is 0 Å². The third kappa shape index (κ3) is 3.00. The molecule has 0 N–H and O–H groups in total. The van der Waals surface area contributed by atoms with E-state index in [1.165, 1.54) is 20.3 Å². The molecule has 0 saturated carbocycles. The van der Waals surface area contributed by atoms with Gasteiger partial charge < -0.3 is 4.74 Å². The molecule has 17 heavy (non-hydrogen) atoms. The van der Waals surface area contributed by atoms with Gasteiger partial charge in [-0.2, -0.15) is 0 Å². The van der Waals surface area contributed by atoms with Crippen molar-refractivity contribution in [1.82, 2.24) is 0 Å². The quantitative estimate of drug-likeness (QED) is 0.700. The minimum Gasteiger partial charge on any atom is -0.457 e. The zero-order valence-corrected chi connectivity index (χ0v) is 12.4. The van der Waals surface area contributed by atoms with Gasteiger partial charge in [0.1, 0.15) is 11.5 Å². The van der Waals surface area contributed by atoms with Crippen molar-refractivity contribution in [3.8, 4) is 11.5 Å². The molecule has 2 aromatic carbocycles. The van der Waals surface area contributed by atoms with Crippen molar-refractivity contribution in [2.75, 3.05) is 0 Å². The van der Waals surface area contributed by atoms with Gasteiger partial charge in [-0.3, -0.25) is 0 Å². The van der Waals surface area contributed by atoms with Gasteiger partial charge in [0, 0.05) is 3.57 Å². The van der Waals surface area contributed by atoms with Gasteiger partial charge in [-0.05, 0) is 84.3 Å². The van der Waals surface area contributed by atoms with Gasteiger partial charge >= 0.3 is 0 Å². The molecule has 0 aromatic heterocycles. The Morgan fingerprint density at radius 2 is 1.35 bits per heavy atom. The SMILES string of the molecule is Cc1ccc(Oc2ccc(C)c(I)c2)cc1C. The largest absolute Gasteiger partial charge is 0.457 e. The zero-order valence-electron chi connectivity index (χ0n) is 10.3.